The van der Waals surface area contributed by atoms with Crippen LogP contribution in [0, 0.1) is 11.8 Å². The largest absolute Gasteiger partial charge is 0.358 e. The van der Waals surface area contributed by atoms with Crippen molar-refractivity contribution in [2.45, 2.75) is 5.75 Å². The van der Waals surface area contributed by atoms with Gasteiger partial charge >= 0.3 is 0 Å². The van der Waals surface area contributed by atoms with Crippen molar-refractivity contribution in [1.29, 1.82) is 0 Å². The number of nitrogens with two attached hydrogens (primary N) is 1. The van der Waals surface area contributed by atoms with E-state index in [2.05, 4.69) is 17.2 Å². The third-order valence-electron chi connectivity index (χ3n) is 2.04. The monoisotopic (exact) mass is 248 g/mol. The van der Waals surface area contributed by atoms with Gasteiger partial charge in [-0.3, -0.25) is 4.79 Å². The maximum absolute atomic E-state index is 11.0. The van der Waals surface area contributed by atoms with Crippen LogP contribution in [-0.4, -0.2) is 25.3 Å². The number of hydrogen-bond acceptors (Lipinski definition) is 3. The smallest absolute Gasteiger partial charge is 0.229 e. The molecule has 0 unspecified atom stereocenters. The van der Waals surface area contributed by atoms with Crippen LogP contribution in [0.1, 0.15) is 11.1 Å². The fourth-order valence-corrected chi connectivity index (χ4v) is 2.07. The molecule has 0 aliphatic heterocycles. The van der Waals surface area contributed by atoms with E-state index in [9.17, 15) is 4.79 Å². The van der Waals surface area contributed by atoms with Crippen molar-refractivity contribution in [2.24, 2.45) is 5.73 Å². The van der Waals surface area contributed by atoms with Gasteiger partial charge in [0.25, 0.3) is 0 Å². The average molecular weight is 248 g/mol. The van der Waals surface area contributed by atoms with Crippen LogP contribution in [0.25, 0.3) is 0 Å². The highest BCUT2D eigenvalue weighted by molar-refractivity contribution is 7.99. The van der Waals surface area contributed by atoms with Crippen molar-refractivity contribution in [3.05, 3.63) is 35.4 Å². The van der Waals surface area contributed by atoms with Gasteiger partial charge in [0.2, 0.25) is 5.91 Å². The molecule has 17 heavy (non-hydrogen) atoms. The minimum Gasteiger partial charge on any atom is -0.358 e. The lowest BCUT2D eigenvalue weighted by Crippen LogP contribution is -2.19. The first-order valence-electron chi connectivity index (χ1n) is 5.32. The molecule has 3 nitrogen and oxygen atoms in total. The zero-order valence-corrected chi connectivity index (χ0v) is 10.6. The lowest BCUT2D eigenvalue weighted by Gasteiger charge is -2.02. The quantitative estimate of drug-likeness (QED) is 0.781. The average Bonchev–Trinajstić information content (AvgIpc) is 2.36. The Balaban J connectivity index is 2.51. The highest BCUT2D eigenvalue weighted by Crippen LogP contribution is 2.13. The number of carbonyl (C=O) groups excluding carboxylic acids is 1. The van der Waals surface area contributed by atoms with E-state index in [0.29, 0.717) is 12.3 Å². The molecule has 0 atom stereocenters. The number of nitrogens with one attached hydrogen (secondary N) is 1. The Hall–Kier alpha value is -1.44. The predicted octanol–water partition coefficient (Wildman–Crippen LogP) is 0.976. The summed E-state index contributed by atoms with van der Waals surface area (Å²) in [6.45, 7) is 0.371. The zero-order chi connectivity index (χ0) is 12.5. The Morgan fingerprint density at radius 1 is 1.53 bits per heavy atom. The molecule has 0 bridgehead atoms. The van der Waals surface area contributed by atoms with Gasteiger partial charge in [-0.15, -0.1) is 11.8 Å². The van der Waals surface area contributed by atoms with Crippen molar-refractivity contribution in [3.63, 3.8) is 0 Å². The van der Waals surface area contributed by atoms with Crippen molar-refractivity contribution in [3.8, 4) is 11.8 Å². The van der Waals surface area contributed by atoms with Crippen molar-refractivity contribution in [2.75, 3.05) is 19.3 Å². The van der Waals surface area contributed by atoms with Crippen LogP contribution in [-0.2, 0) is 10.5 Å². The van der Waals surface area contributed by atoms with E-state index in [-0.39, 0.29) is 5.91 Å². The summed E-state index contributed by atoms with van der Waals surface area (Å²) in [5.74, 6) is 7.16. The third-order valence-corrected chi connectivity index (χ3v) is 3.05. The Kier molecular flexibility index (Phi) is 6.23. The second kappa shape index (κ2) is 7.77. The molecule has 0 saturated heterocycles. The van der Waals surface area contributed by atoms with Gasteiger partial charge < -0.3 is 11.1 Å². The molecule has 3 N–H and O–H groups in total. The first kappa shape index (κ1) is 13.6. The number of amides is 1. The molecule has 1 aromatic rings. The van der Waals surface area contributed by atoms with Crippen LogP contribution in [0.2, 0.25) is 0 Å². The number of rotatable bonds is 4. The second-order valence-corrected chi connectivity index (χ2v) is 4.36. The van der Waals surface area contributed by atoms with Crippen LogP contribution in [0.3, 0.4) is 0 Å². The molecular weight excluding hydrogens is 232 g/mol. The molecule has 0 saturated carbocycles. The summed E-state index contributed by atoms with van der Waals surface area (Å²) in [6.07, 6.45) is 0. The number of hydrogen-bond donors (Lipinski definition) is 2. The number of benzene rings is 1. The van der Waals surface area contributed by atoms with Crippen LogP contribution in [0.15, 0.2) is 24.3 Å². The van der Waals surface area contributed by atoms with Gasteiger partial charge in [-0.25, -0.2) is 0 Å². The standard InChI is InChI=1S/C13H16N2OS/c1-15-13(16)10-17-9-12-5-2-4-11(8-12)6-3-7-14/h2,4-5,8H,7,9-10,14H2,1H3,(H,15,16). The maximum atomic E-state index is 11.0. The Labute approximate surface area is 106 Å². The van der Waals surface area contributed by atoms with E-state index >= 15 is 0 Å². The molecule has 1 amide bonds. The molecule has 0 heterocycles. The minimum absolute atomic E-state index is 0.0501. The van der Waals surface area contributed by atoms with E-state index in [1.807, 2.05) is 24.3 Å². The van der Waals surface area contributed by atoms with Crippen molar-refractivity contribution < 1.29 is 4.79 Å². The first-order chi connectivity index (χ1) is 8.26. The molecule has 0 fully saturated rings. The normalized spacial score (nSPS) is 9.29. The van der Waals surface area contributed by atoms with Crippen LogP contribution in [0.4, 0.5) is 0 Å². The molecule has 0 aromatic heterocycles. The summed E-state index contributed by atoms with van der Waals surface area (Å²) in [4.78, 5) is 11.0. The SMILES string of the molecule is CNC(=O)CSCc1cccc(C#CCN)c1. The lowest BCUT2D eigenvalue weighted by molar-refractivity contribution is -0.118. The minimum atomic E-state index is 0.0501. The Morgan fingerprint density at radius 3 is 3.06 bits per heavy atom. The van der Waals surface area contributed by atoms with Crippen molar-refractivity contribution in [1.82, 2.24) is 5.32 Å². The van der Waals surface area contributed by atoms with Crippen molar-refractivity contribution >= 4 is 17.7 Å². The summed E-state index contributed by atoms with van der Waals surface area (Å²) >= 11 is 1.59. The summed E-state index contributed by atoms with van der Waals surface area (Å²) in [7, 11) is 1.64. The molecule has 1 rings (SSSR count). The van der Waals surface area contributed by atoms with E-state index in [1.165, 1.54) is 5.56 Å². The molecule has 4 heteroatoms. The molecule has 0 spiro atoms. The molecular formula is C13H16N2OS. The zero-order valence-electron chi connectivity index (χ0n) is 9.82. The van der Waals surface area contributed by atoms with Gasteiger partial charge in [-0.1, -0.05) is 24.0 Å². The van der Waals surface area contributed by atoms with Gasteiger partial charge in [0, 0.05) is 18.4 Å². The summed E-state index contributed by atoms with van der Waals surface area (Å²) in [5, 5.41) is 2.59. The second-order valence-electron chi connectivity index (χ2n) is 3.37. The fraction of sp³-hybridized carbons (Fsp3) is 0.308. The molecule has 1 aromatic carbocycles. The van der Waals surface area contributed by atoms with E-state index in [4.69, 9.17) is 5.73 Å². The highest BCUT2D eigenvalue weighted by Gasteiger charge is 1.99. The van der Waals surface area contributed by atoms with Crippen LogP contribution < -0.4 is 11.1 Å². The number of thioether (sulfide) groups is 1. The van der Waals surface area contributed by atoms with Gasteiger partial charge in [-0.05, 0) is 17.7 Å². The third kappa shape index (κ3) is 5.43. The fourth-order valence-electron chi connectivity index (χ4n) is 1.23. The Bertz CT molecular complexity index is 435. The lowest BCUT2D eigenvalue weighted by atomic mass is 10.1. The topological polar surface area (TPSA) is 55.1 Å². The molecule has 0 radical (unpaired) electrons. The molecule has 0 aliphatic rings. The highest BCUT2D eigenvalue weighted by atomic mass is 32.2. The predicted molar refractivity (Wildman–Crippen MR) is 72.6 cm³/mol. The molecule has 90 valence electrons. The first-order valence-corrected chi connectivity index (χ1v) is 6.48. The van der Waals surface area contributed by atoms with Gasteiger partial charge in [0.05, 0.1) is 12.3 Å². The Morgan fingerprint density at radius 2 is 2.35 bits per heavy atom. The number of carbonyl (C=O) groups is 1. The summed E-state index contributed by atoms with van der Waals surface area (Å²) in [5.41, 5.74) is 7.46. The summed E-state index contributed by atoms with van der Waals surface area (Å²) in [6, 6.07) is 7.98. The van der Waals surface area contributed by atoms with E-state index < -0.39 is 0 Å². The van der Waals surface area contributed by atoms with Gasteiger partial charge in [0.15, 0.2) is 0 Å². The van der Waals surface area contributed by atoms with E-state index in [1.54, 1.807) is 18.8 Å². The maximum Gasteiger partial charge on any atom is 0.229 e. The van der Waals surface area contributed by atoms with Crippen LogP contribution in [0.5, 0.6) is 0 Å². The molecule has 0 aliphatic carbocycles. The summed E-state index contributed by atoms with van der Waals surface area (Å²) < 4.78 is 0. The van der Waals surface area contributed by atoms with E-state index in [0.717, 1.165) is 11.3 Å². The van der Waals surface area contributed by atoms with Gasteiger partial charge in [-0.2, -0.15) is 0 Å². The van der Waals surface area contributed by atoms with Crippen LogP contribution >= 0.6 is 11.8 Å². The van der Waals surface area contributed by atoms with Gasteiger partial charge in [0.1, 0.15) is 0 Å².